The van der Waals surface area contributed by atoms with Gasteiger partial charge in [0.1, 0.15) is 5.75 Å². The van der Waals surface area contributed by atoms with Crippen LogP contribution in [-0.4, -0.2) is 16.0 Å². The Balaban J connectivity index is 1.90. The van der Waals surface area contributed by atoms with E-state index in [0.29, 0.717) is 6.42 Å². The maximum Gasteiger partial charge on any atom is 0.225 e. The molecule has 1 heterocycles. The average Bonchev–Trinajstić information content (AvgIpc) is 2.63. The zero-order valence-electron chi connectivity index (χ0n) is 13.4. The first-order valence-corrected chi connectivity index (χ1v) is 8.19. The molecule has 4 nitrogen and oxygen atoms in total. The number of halogens is 1. The van der Waals surface area contributed by atoms with Crippen LogP contribution in [0.1, 0.15) is 17.0 Å². The molecule has 0 fully saturated rings. The highest BCUT2D eigenvalue weighted by Gasteiger charge is 2.18. The molecule has 3 aromatic rings. The lowest BCUT2D eigenvalue weighted by Crippen LogP contribution is -2.23. The minimum atomic E-state index is -0.415. The Hall–Kier alpha value is -2.85. The molecule has 0 saturated carbocycles. The maximum atomic E-state index is 11.9. The molecule has 0 spiro atoms. The third kappa shape index (κ3) is 3.98. The number of benzene rings is 2. The first kappa shape index (κ1) is 17.0. The Morgan fingerprint density at radius 2 is 1.84 bits per heavy atom. The Morgan fingerprint density at radius 1 is 1.08 bits per heavy atom. The van der Waals surface area contributed by atoms with Crippen molar-refractivity contribution in [2.24, 2.45) is 5.73 Å². The molecule has 0 aliphatic carbocycles. The van der Waals surface area contributed by atoms with Crippen LogP contribution in [0.5, 0.6) is 5.75 Å². The molecule has 0 aliphatic heterocycles. The number of carbonyl (C=O) groups excluding carboxylic acids is 1. The molecule has 0 aliphatic rings. The predicted octanol–water partition coefficient (Wildman–Crippen LogP) is 3.92. The summed E-state index contributed by atoms with van der Waals surface area (Å²) in [4.78, 5) is 16.2. The van der Waals surface area contributed by atoms with E-state index in [9.17, 15) is 9.90 Å². The first-order valence-electron chi connectivity index (χ1n) is 7.81. The molecule has 0 saturated heterocycles. The van der Waals surface area contributed by atoms with E-state index < -0.39 is 5.92 Å². The van der Waals surface area contributed by atoms with Crippen molar-refractivity contribution >= 4 is 17.5 Å². The third-order valence-electron chi connectivity index (χ3n) is 4.06. The van der Waals surface area contributed by atoms with E-state index in [2.05, 4.69) is 4.98 Å². The van der Waals surface area contributed by atoms with E-state index in [1.165, 1.54) is 0 Å². The van der Waals surface area contributed by atoms with Gasteiger partial charge in [0.2, 0.25) is 5.91 Å². The smallest absolute Gasteiger partial charge is 0.225 e. The van der Waals surface area contributed by atoms with Crippen LogP contribution in [0.25, 0.3) is 11.1 Å². The van der Waals surface area contributed by atoms with E-state index in [-0.39, 0.29) is 16.7 Å². The second kappa shape index (κ2) is 7.36. The van der Waals surface area contributed by atoms with Crippen LogP contribution < -0.4 is 5.73 Å². The zero-order chi connectivity index (χ0) is 17.8. The van der Waals surface area contributed by atoms with Crippen molar-refractivity contribution in [3.63, 3.8) is 0 Å². The molecule has 126 valence electrons. The van der Waals surface area contributed by atoms with Crippen molar-refractivity contribution in [1.29, 1.82) is 0 Å². The fraction of sp³-hybridized carbons (Fsp3) is 0.100. The molecule has 3 N–H and O–H groups in total. The fourth-order valence-electron chi connectivity index (χ4n) is 2.75. The number of nitrogens with two attached hydrogens (primary N) is 1. The highest BCUT2D eigenvalue weighted by Crippen LogP contribution is 2.30. The van der Waals surface area contributed by atoms with Gasteiger partial charge in [0.25, 0.3) is 0 Å². The summed E-state index contributed by atoms with van der Waals surface area (Å²) in [6.45, 7) is 0. The second-order valence-corrected chi connectivity index (χ2v) is 6.23. The van der Waals surface area contributed by atoms with E-state index in [1.54, 1.807) is 30.6 Å². The van der Waals surface area contributed by atoms with Gasteiger partial charge in [-0.3, -0.25) is 9.78 Å². The SMILES string of the molecule is NC(=O)C(Cc1cncc(-c2ccc(O)c(Cl)c2)c1)c1ccccc1. The molecule has 1 amide bonds. The van der Waals surface area contributed by atoms with E-state index in [1.807, 2.05) is 36.4 Å². The van der Waals surface area contributed by atoms with E-state index >= 15 is 0 Å². The molecule has 1 unspecified atom stereocenters. The van der Waals surface area contributed by atoms with Gasteiger partial charge in [-0.25, -0.2) is 0 Å². The molecule has 0 bridgehead atoms. The highest BCUT2D eigenvalue weighted by molar-refractivity contribution is 6.32. The van der Waals surface area contributed by atoms with Crippen LogP contribution in [0.2, 0.25) is 5.02 Å². The summed E-state index contributed by atoms with van der Waals surface area (Å²) < 4.78 is 0. The zero-order valence-corrected chi connectivity index (χ0v) is 14.1. The topological polar surface area (TPSA) is 76.2 Å². The number of phenols is 1. The van der Waals surface area contributed by atoms with Crippen LogP contribution in [0.3, 0.4) is 0 Å². The Bertz CT molecular complexity index is 897. The second-order valence-electron chi connectivity index (χ2n) is 5.82. The molecule has 25 heavy (non-hydrogen) atoms. The first-order chi connectivity index (χ1) is 12.0. The van der Waals surface area contributed by atoms with Crippen LogP contribution in [0, 0.1) is 0 Å². The standard InChI is InChI=1S/C20H17ClN2O2/c21-18-10-15(6-7-19(18)24)16-8-13(11-23-12-16)9-17(20(22)25)14-4-2-1-3-5-14/h1-8,10-12,17,24H,9H2,(H2,22,25). The minimum Gasteiger partial charge on any atom is -0.506 e. The van der Waals surface area contributed by atoms with Gasteiger partial charge in [-0.1, -0.05) is 48.0 Å². The number of hydrogen-bond acceptors (Lipinski definition) is 3. The molecule has 0 radical (unpaired) electrons. The minimum absolute atomic E-state index is 0.0346. The van der Waals surface area contributed by atoms with Crippen molar-refractivity contribution in [2.75, 3.05) is 0 Å². The maximum absolute atomic E-state index is 11.9. The van der Waals surface area contributed by atoms with E-state index in [4.69, 9.17) is 17.3 Å². The number of carbonyl (C=O) groups is 1. The number of hydrogen-bond donors (Lipinski definition) is 2. The highest BCUT2D eigenvalue weighted by atomic mass is 35.5. The Morgan fingerprint density at radius 3 is 2.52 bits per heavy atom. The number of aromatic nitrogens is 1. The van der Waals surface area contributed by atoms with Crippen molar-refractivity contribution < 1.29 is 9.90 Å². The monoisotopic (exact) mass is 352 g/mol. The van der Waals surface area contributed by atoms with Crippen molar-refractivity contribution in [3.05, 3.63) is 83.1 Å². The molecular weight excluding hydrogens is 336 g/mol. The van der Waals surface area contributed by atoms with Gasteiger partial charge >= 0.3 is 0 Å². The summed E-state index contributed by atoms with van der Waals surface area (Å²) in [6, 6.07) is 16.4. The largest absolute Gasteiger partial charge is 0.506 e. The molecule has 1 atom stereocenters. The summed E-state index contributed by atoms with van der Waals surface area (Å²) in [5.41, 5.74) is 9.08. The summed E-state index contributed by atoms with van der Waals surface area (Å²) in [6.07, 6.45) is 3.91. The van der Waals surface area contributed by atoms with Crippen LogP contribution in [0.4, 0.5) is 0 Å². The van der Waals surface area contributed by atoms with Crippen molar-refractivity contribution in [1.82, 2.24) is 4.98 Å². The summed E-state index contributed by atoms with van der Waals surface area (Å²) >= 11 is 5.98. The molecule has 5 heteroatoms. The third-order valence-corrected chi connectivity index (χ3v) is 4.36. The lowest BCUT2D eigenvalue weighted by Gasteiger charge is -2.14. The van der Waals surface area contributed by atoms with Gasteiger partial charge in [-0.15, -0.1) is 0 Å². The lowest BCUT2D eigenvalue weighted by atomic mass is 9.91. The van der Waals surface area contributed by atoms with Gasteiger partial charge < -0.3 is 10.8 Å². The number of nitrogens with zero attached hydrogens (tertiary/aromatic N) is 1. The van der Waals surface area contributed by atoms with Crippen molar-refractivity contribution in [3.8, 4) is 16.9 Å². The van der Waals surface area contributed by atoms with Crippen molar-refractivity contribution in [2.45, 2.75) is 12.3 Å². The normalized spacial score (nSPS) is 11.9. The number of phenolic OH excluding ortho intramolecular Hbond substituents is 1. The Labute approximate surface area is 150 Å². The lowest BCUT2D eigenvalue weighted by molar-refractivity contribution is -0.119. The van der Waals surface area contributed by atoms with Crippen LogP contribution in [-0.2, 0) is 11.2 Å². The molecule has 2 aromatic carbocycles. The number of rotatable bonds is 5. The van der Waals surface area contributed by atoms with E-state index in [0.717, 1.165) is 22.3 Å². The number of primary amides is 1. The summed E-state index contributed by atoms with van der Waals surface area (Å²) in [7, 11) is 0. The number of amides is 1. The van der Waals surface area contributed by atoms with Gasteiger partial charge in [0, 0.05) is 18.0 Å². The summed E-state index contributed by atoms with van der Waals surface area (Å²) in [5, 5.41) is 9.83. The van der Waals surface area contributed by atoms with Crippen LogP contribution in [0.15, 0.2) is 67.0 Å². The summed E-state index contributed by atoms with van der Waals surface area (Å²) in [5.74, 6) is -0.752. The predicted molar refractivity (Wildman–Crippen MR) is 98.4 cm³/mol. The van der Waals surface area contributed by atoms with Gasteiger partial charge in [-0.05, 0) is 41.3 Å². The number of pyridine rings is 1. The molecular formula is C20H17ClN2O2. The van der Waals surface area contributed by atoms with Gasteiger partial charge in [-0.2, -0.15) is 0 Å². The van der Waals surface area contributed by atoms with Gasteiger partial charge in [0.15, 0.2) is 0 Å². The number of aromatic hydroxyl groups is 1. The quantitative estimate of drug-likeness (QED) is 0.730. The van der Waals surface area contributed by atoms with Crippen LogP contribution >= 0.6 is 11.6 Å². The molecule has 3 rings (SSSR count). The molecule has 1 aromatic heterocycles. The average molecular weight is 353 g/mol. The van der Waals surface area contributed by atoms with Gasteiger partial charge in [0.05, 0.1) is 10.9 Å². The fourth-order valence-corrected chi connectivity index (χ4v) is 2.93. The Kier molecular flexibility index (Phi) is 5.00.